The maximum Gasteiger partial charge on any atom is 0.302 e. The molecule has 4 unspecified atom stereocenters. The van der Waals surface area contributed by atoms with Gasteiger partial charge in [0.25, 0.3) is 0 Å². The first-order valence-electron chi connectivity index (χ1n) is 10.3. The second-order valence-corrected chi connectivity index (χ2v) is 9.67. The molecule has 0 aromatic carbocycles. The van der Waals surface area contributed by atoms with Gasteiger partial charge in [-0.05, 0) is 67.6 Å². The molecule has 3 heteroatoms. The molecule has 142 valence electrons. The number of hydrogen-bond acceptors (Lipinski definition) is 3. The van der Waals surface area contributed by atoms with Crippen LogP contribution in [0.5, 0.6) is 0 Å². The zero-order valence-electron chi connectivity index (χ0n) is 16.6. The second kappa shape index (κ2) is 6.07. The first-order valence-corrected chi connectivity index (χ1v) is 10.3. The molecule has 0 saturated heterocycles. The quantitative estimate of drug-likeness (QED) is 0.524. The summed E-state index contributed by atoms with van der Waals surface area (Å²) in [6.45, 7) is 8.06. The summed E-state index contributed by atoms with van der Waals surface area (Å²) in [6.07, 6.45) is 13.6. The van der Waals surface area contributed by atoms with Crippen molar-refractivity contribution in [2.75, 3.05) is 0 Å². The summed E-state index contributed by atoms with van der Waals surface area (Å²) >= 11 is 0. The number of allylic oxidation sites excluding steroid dienone is 3. The standard InChI is InChI=1S/C23H32O3/c1-14(24)19-7-8-20-18-6-5-16-13-17(26-15(2)25)9-11-22(16,3)21(18)10-12-23(19,20)4/h5,7-8,17-21H,6,9-13H2,1-4H3/t17-,18?,19?,20?,21?,22-,23+/m0/s1. The number of ether oxygens (including phenoxy) is 1. The van der Waals surface area contributed by atoms with Crippen molar-refractivity contribution in [3.63, 3.8) is 0 Å². The van der Waals surface area contributed by atoms with Crippen molar-refractivity contribution < 1.29 is 14.3 Å². The number of carbonyl (C=O) groups is 2. The van der Waals surface area contributed by atoms with Gasteiger partial charge in [-0.2, -0.15) is 0 Å². The van der Waals surface area contributed by atoms with E-state index < -0.39 is 0 Å². The maximum absolute atomic E-state index is 12.2. The van der Waals surface area contributed by atoms with Crippen molar-refractivity contribution in [1.82, 2.24) is 0 Å². The van der Waals surface area contributed by atoms with E-state index in [2.05, 4.69) is 32.1 Å². The summed E-state index contributed by atoms with van der Waals surface area (Å²) < 4.78 is 5.52. The Balaban J connectivity index is 1.60. The van der Waals surface area contributed by atoms with Gasteiger partial charge in [0.15, 0.2) is 0 Å². The van der Waals surface area contributed by atoms with Gasteiger partial charge in [-0.3, -0.25) is 9.59 Å². The van der Waals surface area contributed by atoms with Crippen LogP contribution in [0.4, 0.5) is 0 Å². The van der Waals surface area contributed by atoms with Gasteiger partial charge < -0.3 is 4.74 Å². The van der Waals surface area contributed by atoms with Crippen LogP contribution >= 0.6 is 0 Å². The Morgan fingerprint density at radius 1 is 1.12 bits per heavy atom. The average molecular weight is 357 g/mol. The minimum atomic E-state index is -0.160. The van der Waals surface area contributed by atoms with E-state index in [1.807, 2.05) is 0 Å². The van der Waals surface area contributed by atoms with Crippen molar-refractivity contribution in [3.8, 4) is 0 Å². The first-order chi connectivity index (χ1) is 12.3. The average Bonchev–Trinajstić information content (AvgIpc) is 2.92. The number of ketones is 1. The van der Waals surface area contributed by atoms with Crippen molar-refractivity contribution >= 4 is 11.8 Å². The van der Waals surface area contributed by atoms with Crippen molar-refractivity contribution in [2.24, 2.45) is 34.5 Å². The molecule has 0 heterocycles. The number of carbonyl (C=O) groups excluding carboxylic acids is 2. The molecule has 0 aliphatic heterocycles. The van der Waals surface area contributed by atoms with Gasteiger partial charge >= 0.3 is 5.97 Å². The van der Waals surface area contributed by atoms with E-state index >= 15 is 0 Å². The van der Waals surface area contributed by atoms with E-state index in [4.69, 9.17) is 4.74 Å². The zero-order valence-corrected chi connectivity index (χ0v) is 16.6. The molecule has 0 radical (unpaired) electrons. The van der Waals surface area contributed by atoms with Crippen molar-refractivity contribution in [1.29, 1.82) is 0 Å². The summed E-state index contributed by atoms with van der Waals surface area (Å²) in [7, 11) is 0. The smallest absolute Gasteiger partial charge is 0.302 e. The normalized spacial score (nSPS) is 46.6. The minimum absolute atomic E-state index is 0.0608. The minimum Gasteiger partial charge on any atom is -0.462 e. The Hall–Kier alpha value is -1.38. The van der Waals surface area contributed by atoms with E-state index in [-0.39, 0.29) is 28.8 Å². The van der Waals surface area contributed by atoms with E-state index in [0.717, 1.165) is 32.1 Å². The van der Waals surface area contributed by atoms with E-state index in [0.29, 0.717) is 23.5 Å². The lowest BCUT2D eigenvalue weighted by atomic mass is 9.47. The summed E-state index contributed by atoms with van der Waals surface area (Å²) in [6, 6.07) is 0. The third kappa shape index (κ3) is 2.53. The summed E-state index contributed by atoms with van der Waals surface area (Å²) in [4.78, 5) is 23.5. The number of esters is 1. The van der Waals surface area contributed by atoms with Crippen molar-refractivity contribution in [3.05, 3.63) is 23.8 Å². The summed E-state index contributed by atoms with van der Waals surface area (Å²) in [5, 5.41) is 0. The third-order valence-electron chi connectivity index (χ3n) is 8.35. The molecular formula is C23H32O3. The molecule has 4 rings (SSSR count). The first kappa shape index (κ1) is 18.0. The highest BCUT2D eigenvalue weighted by Gasteiger charge is 2.57. The topological polar surface area (TPSA) is 43.4 Å². The Kier molecular flexibility index (Phi) is 4.20. The van der Waals surface area contributed by atoms with Gasteiger partial charge in [0.05, 0.1) is 0 Å². The molecule has 7 atom stereocenters. The molecule has 0 aromatic heterocycles. The molecule has 26 heavy (non-hydrogen) atoms. The van der Waals surface area contributed by atoms with E-state index in [1.54, 1.807) is 6.92 Å². The Labute approximate surface area is 157 Å². The van der Waals surface area contributed by atoms with Gasteiger partial charge in [0, 0.05) is 19.3 Å². The summed E-state index contributed by atoms with van der Waals surface area (Å²) in [5.74, 6) is 2.13. The van der Waals surface area contributed by atoms with Crippen LogP contribution in [-0.4, -0.2) is 17.9 Å². The molecule has 4 aliphatic carbocycles. The Morgan fingerprint density at radius 3 is 2.58 bits per heavy atom. The summed E-state index contributed by atoms with van der Waals surface area (Å²) in [5.41, 5.74) is 1.87. The highest BCUT2D eigenvalue weighted by molar-refractivity contribution is 5.81. The Bertz CT molecular complexity index is 690. The molecule has 0 bridgehead atoms. The number of Topliss-reactive ketones (excluding diaryl/α,β-unsaturated/α-hetero) is 1. The number of rotatable bonds is 2. The highest BCUT2D eigenvalue weighted by atomic mass is 16.5. The molecule has 0 aromatic rings. The van der Waals surface area contributed by atoms with Crippen molar-refractivity contribution in [2.45, 2.75) is 72.3 Å². The highest BCUT2D eigenvalue weighted by Crippen LogP contribution is 2.64. The SMILES string of the molecule is CC(=O)O[C@H]1CC[C@@]2(C)C(=CCC3C4C=CC(C(C)=O)[C@@]4(C)CCC32)C1. The van der Waals surface area contributed by atoms with Gasteiger partial charge in [-0.1, -0.05) is 37.6 Å². The Morgan fingerprint density at radius 2 is 1.88 bits per heavy atom. The van der Waals surface area contributed by atoms with Crippen LogP contribution < -0.4 is 0 Å². The molecule has 2 saturated carbocycles. The number of fused-ring (bicyclic) bond motifs is 5. The van der Waals surface area contributed by atoms with Gasteiger partial charge in [0.1, 0.15) is 11.9 Å². The molecular weight excluding hydrogens is 324 g/mol. The predicted molar refractivity (Wildman–Crippen MR) is 101 cm³/mol. The lowest BCUT2D eigenvalue weighted by Crippen LogP contribution is -2.51. The predicted octanol–water partition coefficient (Wildman–Crippen LogP) is 4.86. The van der Waals surface area contributed by atoms with Crippen LogP contribution in [0.2, 0.25) is 0 Å². The third-order valence-corrected chi connectivity index (χ3v) is 8.35. The zero-order chi connectivity index (χ0) is 18.7. The largest absolute Gasteiger partial charge is 0.462 e. The van der Waals surface area contributed by atoms with Crippen LogP contribution in [0.1, 0.15) is 66.2 Å². The molecule has 4 aliphatic rings. The molecule has 0 N–H and O–H groups in total. The van der Waals surface area contributed by atoms with Gasteiger partial charge in [-0.25, -0.2) is 0 Å². The molecule has 2 fully saturated rings. The fraction of sp³-hybridized carbons (Fsp3) is 0.739. The fourth-order valence-electron chi connectivity index (χ4n) is 7.02. The van der Waals surface area contributed by atoms with Crippen LogP contribution in [-0.2, 0) is 14.3 Å². The lowest BCUT2D eigenvalue weighted by Gasteiger charge is -2.57. The van der Waals surface area contributed by atoms with Gasteiger partial charge in [0.2, 0.25) is 0 Å². The molecule has 3 nitrogen and oxygen atoms in total. The van der Waals surface area contributed by atoms with E-state index in [9.17, 15) is 9.59 Å². The van der Waals surface area contributed by atoms with Crippen LogP contribution in [0, 0.1) is 34.5 Å². The van der Waals surface area contributed by atoms with E-state index in [1.165, 1.54) is 18.9 Å². The second-order valence-electron chi connectivity index (χ2n) is 9.67. The van der Waals surface area contributed by atoms with Crippen LogP contribution in [0.3, 0.4) is 0 Å². The van der Waals surface area contributed by atoms with Gasteiger partial charge in [-0.15, -0.1) is 0 Å². The number of hydrogen-bond donors (Lipinski definition) is 0. The fourth-order valence-corrected chi connectivity index (χ4v) is 7.02. The van der Waals surface area contributed by atoms with Crippen LogP contribution in [0.15, 0.2) is 23.8 Å². The molecule has 0 spiro atoms. The monoisotopic (exact) mass is 356 g/mol. The molecule has 0 amide bonds. The lowest BCUT2D eigenvalue weighted by molar-refractivity contribution is -0.148. The van der Waals surface area contributed by atoms with Crippen LogP contribution in [0.25, 0.3) is 0 Å². The maximum atomic E-state index is 12.2.